The average molecular weight is 316 g/mol. The molecule has 2 aromatic rings. The van der Waals surface area contributed by atoms with Crippen LogP contribution in [0.5, 0.6) is 0 Å². The van der Waals surface area contributed by atoms with Crippen molar-refractivity contribution in [3.63, 3.8) is 0 Å². The zero-order valence-corrected chi connectivity index (χ0v) is 13.2. The molecule has 22 heavy (non-hydrogen) atoms. The van der Waals surface area contributed by atoms with E-state index in [1.54, 1.807) is 6.33 Å². The highest BCUT2D eigenvalue weighted by Gasteiger charge is 2.16. The molecule has 1 aromatic heterocycles. The molecule has 0 bridgehead atoms. The first-order valence-corrected chi connectivity index (χ1v) is 7.65. The van der Waals surface area contributed by atoms with Crippen molar-refractivity contribution < 1.29 is 0 Å². The van der Waals surface area contributed by atoms with E-state index in [4.69, 9.17) is 11.6 Å². The van der Waals surface area contributed by atoms with Gasteiger partial charge in [-0.3, -0.25) is 0 Å². The fourth-order valence-electron chi connectivity index (χ4n) is 2.32. The van der Waals surface area contributed by atoms with Crippen LogP contribution in [0.2, 0.25) is 5.02 Å². The molecule has 1 aliphatic rings. The highest BCUT2D eigenvalue weighted by Crippen LogP contribution is 2.14. The van der Waals surface area contributed by atoms with E-state index in [1.807, 2.05) is 36.4 Å². The molecule has 1 saturated heterocycles. The van der Waals surface area contributed by atoms with Crippen LogP contribution in [0.3, 0.4) is 0 Å². The summed E-state index contributed by atoms with van der Waals surface area (Å²) < 4.78 is 0. The highest BCUT2D eigenvalue weighted by molar-refractivity contribution is 6.30. The minimum atomic E-state index is 0.656. The van der Waals surface area contributed by atoms with Crippen molar-refractivity contribution in [1.82, 2.24) is 19.9 Å². The van der Waals surface area contributed by atoms with E-state index in [0.717, 1.165) is 42.7 Å². The predicted molar refractivity (Wildman–Crippen MR) is 89.9 cm³/mol. The van der Waals surface area contributed by atoms with E-state index >= 15 is 0 Å². The maximum absolute atomic E-state index is 5.98. The van der Waals surface area contributed by atoms with Gasteiger partial charge in [0.2, 0.25) is 5.95 Å². The molecule has 1 aromatic carbocycles. The summed E-state index contributed by atoms with van der Waals surface area (Å²) in [7, 11) is 2.13. The Bertz CT molecular complexity index is 665. The topological polar surface area (TPSA) is 45.2 Å². The summed E-state index contributed by atoms with van der Waals surface area (Å²) in [6.45, 7) is 3.94. The number of anilines is 1. The van der Waals surface area contributed by atoms with Crippen molar-refractivity contribution in [2.75, 3.05) is 38.1 Å². The summed E-state index contributed by atoms with van der Waals surface area (Å²) in [4.78, 5) is 17.5. The Kier molecular flexibility index (Phi) is 4.65. The van der Waals surface area contributed by atoms with Gasteiger partial charge >= 0.3 is 0 Å². The Morgan fingerprint density at radius 2 is 1.91 bits per heavy atom. The molecule has 1 aliphatic heterocycles. The van der Waals surface area contributed by atoms with E-state index in [9.17, 15) is 0 Å². The van der Waals surface area contributed by atoms with E-state index in [0.29, 0.717) is 5.82 Å². The molecular weight excluding hydrogens is 298 g/mol. The molecule has 5 nitrogen and oxygen atoms in total. The molecule has 114 valence electrons. The summed E-state index contributed by atoms with van der Waals surface area (Å²) in [5.41, 5.74) is 1.02. The molecular formula is C16H18ClN5. The molecule has 6 heteroatoms. The number of piperazine rings is 1. The zero-order valence-electron chi connectivity index (χ0n) is 12.5. The second-order valence-electron chi connectivity index (χ2n) is 5.32. The lowest BCUT2D eigenvalue weighted by atomic mass is 10.2. The molecule has 1 fully saturated rings. The van der Waals surface area contributed by atoms with Crippen molar-refractivity contribution in [3.8, 4) is 0 Å². The number of halogens is 1. The Hall–Kier alpha value is -1.98. The lowest BCUT2D eigenvalue weighted by Crippen LogP contribution is -2.45. The van der Waals surface area contributed by atoms with Crippen LogP contribution >= 0.6 is 11.6 Å². The fraction of sp³-hybridized carbons (Fsp3) is 0.312. The number of benzene rings is 1. The smallest absolute Gasteiger partial charge is 0.228 e. The highest BCUT2D eigenvalue weighted by atomic mass is 35.5. The molecule has 0 unspecified atom stereocenters. The van der Waals surface area contributed by atoms with Crippen molar-refractivity contribution in [3.05, 3.63) is 47.0 Å². The van der Waals surface area contributed by atoms with Gasteiger partial charge in [0.1, 0.15) is 6.33 Å². The van der Waals surface area contributed by atoms with Crippen LogP contribution in [0.15, 0.2) is 30.6 Å². The molecule has 0 N–H and O–H groups in total. The second-order valence-corrected chi connectivity index (χ2v) is 5.76. The predicted octanol–water partition coefficient (Wildman–Crippen LogP) is 2.45. The summed E-state index contributed by atoms with van der Waals surface area (Å²) in [5, 5.41) is 0.718. The Morgan fingerprint density at radius 3 is 2.68 bits per heavy atom. The Balaban J connectivity index is 1.74. The van der Waals surface area contributed by atoms with Gasteiger partial charge in [0.25, 0.3) is 0 Å². The first-order chi connectivity index (χ1) is 10.7. The Labute approximate surface area is 135 Å². The first kappa shape index (κ1) is 14.9. The minimum Gasteiger partial charge on any atom is -0.338 e. The molecule has 0 radical (unpaired) electrons. The van der Waals surface area contributed by atoms with Crippen LogP contribution in [-0.2, 0) is 0 Å². The van der Waals surface area contributed by atoms with Gasteiger partial charge in [-0.15, -0.1) is 0 Å². The van der Waals surface area contributed by atoms with E-state index in [2.05, 4.69) is 31.8 Å². The first-order valence-electron chi connectivity index (χ1n) is 7.27. The lowest BCUT2D eigenvalue weighted by molar-refractivity contribution is 0.311. The van der Waals surface area contributed by atoms with Gasteiger partial charge in [-0.2, -0.15) is 4.98 Å². The van der Waals surface area contributed by atoms with Crippen LogP contribution in [0.25, 0.3) is 12.2 Å². The summed E-state index contributed by atoms with van der Waals surface area (Å²) >= 11 is 5.98. The van der Waals surface area contributed by atoms with Crippen LogP contribution in [0.4, 0.5) is 5.95 Å². The molecule has 3 rings (SSSR count). The number of aromatic nitrogens is 3. The molecule has 0 saturated carbocycles. The Morgan fingerprint density at radius 1 is 1.09 bits per heavy atom. The molecule has 2 heterocycles. The van der Waals surface area contributed by atoms with Gasteiger partial charge in [0, 0.05) is 31.2 Å². The largest absolute Gasteiger partial charge is 0.338 e. The molecule has 0 aliphatic carbocycles. The standard InChI is InChI=1S/C16H18ClN5/c1-21-7-9-22(10-8-21)16-19-12-18-15(20-16)6-5-13-3-2-4-14(17)11-13/h2-6,11-12H,7-10H2,1H3. The fourth-order valence-corrected chi connectivity index (χ4v) is 2.52. The van der Waals surface area contributed by atoms with Crippen LogP contribution in [0.1, 0.15) is 11.4 Å². The van der Waals surface area contributed by atoms with E-state index < -0.39 is 0 Å². The summed E-state index contributed by atoms with van der Waals surface area (Å²) in [6.07, 6.45) is 5.40. The van der Waals surface area contributed by atoms with Gasteiger partial charge in [0.05, 0.1) is 0 Å². The third kappa shape index (κ3) is 3.81. The SMILES string of the molecule is CN1CCN(c2ncnc(C=Cc3cccc(Cl)c3)n2)CC1. The maximum atomic E-state index is 5.98. The number of nitrogens with zero attached hydrogens (tertiary/aromatic N) is 5. The third-order valence-electron chi connectivity index (χ3n) is 3.64. The quantitative estimate of drug-likeness (QED) is 0.870. The average Bonchev–Trinajstić information content (AvgIpc) is 2.54. The molecule has 0 spiro atoms. The summed E-state index contributed by atoms with van der Waals surface area (Å²) in [5.74, 6) is 1.40. The lowest BCUT2D eigenvalue weighted by Gasteiger charge is -2.32. The van der Waals surface area contributed by atoms with Crippen LogP contribution in [-0.4, -0.2) is 53.1 Å². The number of likely N-dealkylation sites (N-methyl/N-ethyl adjacent to an activating group) is 1. The minimum absolute atomic E-state index is 0.656. The van der Waals surface area contributed by atoms with Gasteiger partial charge in [-0.25, -0.2) is 9.97 Å². The van der Waals surface area contributed by atoms with Gasteiger partial charge in [0.15, 0.2) is 5.82 Å². The van der Waals surface area contributed by atoms with Gasteiger partial charge in [-0.05, 0) is 30.8 Å². The van der Waals surface area contributed by atoms with Crippen molar-refractivity contribution in [2.45, 2.75) is 0 Å². The monoisotopic (exact) mass is 315 g/mol. The van der Waals surface area contributed by atoms with Crippen molar-refractivity contribution >= 4 is 29.7 Å². The van der Waals surface area contributed by atoms with Gasteiger partial charge in [-0.1, -0.05) is 29.8 Å². The zero-order chi connectivity index (χ0) is 15.4. The third-order valence-corrected chi connectivity index (χ3v) is 3.87. The molecule has 0 amide bonds. The van der Waals surface area contributed by atoms with Crippen molar-refractivity contribution in [1.29, 1.82) is 0 Å². The maximum Gasteiger partial charge on any atom is 0.228 e. The molecule has 0 atom stereocenters. The number of hydrogen-bond acceptors (Lipinski definition) is 5. The summed E-state index contributed by atoms with van der Waals surface area (Å²) in [6, 6.07) is 7.67. The van der Waals surface area contributed by atoms with Crippen molar-refractivity contribution in [2.24, 2.45) is 0 Å². The van der Waals surface area contributed by atoms with Gasteiger partial charge < -0.3 is 9.80 Å². The number of rotatable bonds is 3. The second kappa shape index (κ2) is 6.85. The number of hydrogen-bond donors (Lipinski definition) is 0. The van der Waals surface area contributed by atoms with Crippen LogP contribution < -0.4 is 4.90 Å². The van der Waals surface area contributed by atoms with Crippen LogP contribution in [0, 0.1) is 0 Å². The van der Waals surface area contributed by atoms with E-state index in [1.165, 1.54) is 0 Å². The van der Waals surface area contributed by atoms with E-state index in [-0.39, 0.29) is 0 Å². The normalized spacial score (nSPS) is 16.4.